The number of halogens is 4. The Balaban J connectivity index is 1.76. The highest BCUT2D eigenvalue weighted by Gasteiger charge is 2.44. The summed E-state index contributed by atoms with van der Waals surface area (Å²) in [6.07, 6.45) is 0.390. The molecule has 2 aromatic heterocycles. The van der Waals surface area contributed by atoms with Crippen LogP contribution in [0.3, 0.4) is 0 Å². The number of carbonyl (C=O) groups is 4. The third kappa shape index (κ3) is 6.44. The van der Waals surface area contributed by atoms with Crippen LogP contribution in [0, 0.1) is 35.4 Å². The number of rotatable bonds is 5. The largest absolute Gasteiger partial charge is 0.505 e. The molecule has 2 aromatic rings. The van der Waals surface area contributed by atoms with Gasteiger partial charge in [-0.15, -0.1) is 0 Å². The molecule has 1 unspecified atom stereocenters. The van der Waals surface area contributed by atoms with E-state index in [0.29, 0.717) is 12.8 Å². The fourth-order valence-corrected chi connectivity index (χ4v) is 5.45. The van der Waals surface area contributed by atoms with Crippen molar-refractivity contribution in [1.29, 1.82) is 0 Å². The van der Waals surface area contributed by atoms with Crippen molar-refractivity contribution in [2.24, 2.45) is 11.8 Å². The van der Waals surface area contributed by atoms with Crippen molar-refractivity contribution in [3.05, 3.63) is 53.1 Å². The summed E-state index contributed by atoms with van der Waals surface area (Å²) < 4.78 is 56.7. The number of aromatic nitrogens is 2. The molecule has 1 aliphatic heterocycles. The fraction of sp³-hybridized carbons (Fsp3) is 0.500. The van der Waals surface area contributed by atoms with Crippen molar-refractivity contribution in [2.75, 3.05) is 7.05 Å². The Morgan fingerprint density at radius 3 is 2.36 bits per heavy atom. The number of pyridine rings is 2. The first-order valence-corrected chi connectivity index (χ1v) is 13.9. The maximum Gasteiger partial charge on any atom is 0.274 e. The van der Waals surface area contributed by atoms with Crippen molar-refractivity contribution in [1.82, 2.24) is 30.8 Å². The van der Waals surface area contributed by atoms with Gasteiger partial charge in [-0.05, 0) is 37.8 Å². The molecule has 0 radical (unpaired) electrons. The number of hydrogen-bond donors (Lipinski definition) is 5. The van der Waals surface area contributed by atoms with Crippen molar-refractivity contribution in [3.8, 4) is 5.75 Å². The molecule has 12 nitrogen and oxygen atoms in total. The number of nitrogens with zero attached hydrogens (tertiary/aromatic N) is 3. The zero-order valence-corrected chi connectivity index (χ0v) is 24.0. The Hall–Kier alpha value is -4.34. The summed E-state index contributed by atoms with van der Waals surface area (Å²) in [6, 6.07) is -3.01. The molecular formula is C28H32F4N6O6. The van der Waals surface area contributed by atoms with E-state index in [1.54, 1.807) is 0 Å². The Morgan fingerprint density at radius 1 is 1.07 bits per heavy atom. The van der Waals surface area contributed by atoms with Crippen molar-refractivity contribution >= 4 is 23.6 Å². The monoisotopic (exact) mass is 624 g/mol. The van der Waals surface area contributed by atoms with Gasteiger partial charge in [-0.2, -0.15) is 18.2 Å². The maximum absolute atomic E-state index is 14.6. The van der Waals surface area contributed by atoms with Gasteiger partial charge in [0.05, 0.1) is 24.1 Å². The van der Waals surface area contributed by atoms with E-state index in [4.69, 9.17) is 0 Å². The molecule has 44 heavy (non-hydrogen) atoms. The number of aliphatic hydroxyl groups excluding tert-OH is 1. The van der Waals surface area contributed by atoms with Crippen LogP contribution in [-0.2, 0) is 20.8 Å². The lowest BCUT2D eigenvalue weighted by Gasteiger charge is -2.41. The van der Waals surface area contributed by atoms with Crippen molar-refractivity contribution in [3.63, 3.8) is 0 Å². The molecule has 1 saturated heterocycles. The number of nitrogens with one attached hydrogen (secondary N) is 3. The lowest BCUT2D eigenvalue weighted by Crippen LogP contribution is -2.65. The summed E-state index contributed by atoms with van der Waals surface area (Å²) in [4.78, 5) is 61.3. The molecule has 4 amide bonds. The first-order chi connectivity index (χ1) is 20.7. The summed E-state index contributed by atoms with van der Waals surface area (Å²) in [5, 5.41) is 28.7. The molecule has 1 aliphatic carbocycles. The van der Waals surface area contributed by atoms with Crippen LogP contribution in [0.2, 0.25) is 0 Å². The maximum atomic E-state index is 14.6. The predicted molar refractivity (Wildman–Crippen MR) is 144 cm³/mol. The second-order valence-electron chi connectivity index (χ2n) is 11.1. The van der Waals surface area contributed by atoms with Crippen LogP contribution >= 0.6 is 0 Å². The van der Waals surface area contributed by atoms with Gasteiger partial charge in [0, 0.05) is 25.2 Å². The summed E-state index contributed by atoms with van der Waals surface area (Å²) in [6.45, 7) is 2.64. The van der Waals surface area contributed by atoms with Gasteiger partial charge < -0.3 is 31.1 Å². The van der Waals surface area contributed by atoms with E-state index in [1.165, 1.54) is 39.2 Å². The zero-order valence-electron chi connectivity index (χ0n) is 24.0. The Morgan fingerprint density at radius 2 is 1.75 bits per heavy atom. The standard InChI is InChI=1S/C28H32F4N6O6/c1-11-22(40)15(10-14-17(29)18(30)24(32)37-23(14)31)35-25(41)19(36-26(42)20-16(39)8-5-9-33-20)12(2)34-27(43)21(13-6-4-7-13)38(3)28(11)44/h5,8-9,11-13,15,19,21-22,39-40H,4,6-7,10H2,1-3H3,(H,34,43)(H,35,41)(H,36,42)/t11-,12-,15+,19+,21?,22+/m1/s1. The van der Waals surface area contributed by atoms with Crippen LogP contribution in [0.1, 0.15) is 49.2 Å². The van der Waals surface area contributed by atoms with E-state index in [9.17, 15) is 47.0 Å². The van der Waals surface area contributed by atoms with Gasteiger partial charge in [0.2, 0.25) is 29.5 Å². The SMILES string of the molecule is C[C@H]1NC(=O)C(C2CCC2)N(C)C(=O)[C@H](C)[C@H](O)[C@H](Cc2c(F)nc(F)c(F)c2F)NC(=O)[C@H]1NC(=O)c1ncccc1O. The minimum absolute atomic E-state index is 0.247. The molecule has 3 heterocycles. The lowest BCUT2D eigenvalue weighted by molar-refractivity contribution is -0.149. The molecule has 238 valence electrons. The van der Waals surface area contributed by atoms with Gasteiger partial charge in [-0.3, -0.25) is 19.2 Å². The number of aliphatic hydroxyl groups is 1. The lowest BCUT2D eigenvalue weighted by atomic mass is 9.78. The minimum atomic E-state index is -2.08. The first kappa shape index (κ1) is 32.6. The normalized spacial score (nSPS) is 27.0. The second kappa shape index (κ2) is 13.1. The molecule has 2 fully saturated rings. The highest BCUT2D eigenvalue weighted by atomic mass is 19.2. The Kier molecular flexibility index (Phi) is 9.71. The third-order valence-electron chi connectivity index (χ3n) is 8.22. The van der Waals surface area contributed by atoms with Crippen LogP contribution in [0.15, 0.2) is 18.3 Å². The molecule has 0 aromatic carbocycles. The van der Waals surface area contributed by atoms with Crippen LogP contribution in [-0.4, -0.2) is 86.0 Å². The Bertz CT molecular complexity index is 1460. The number of carbonyl (C=O) groups excluding carboxylic acids is 4. The quantitative estimate of drug-likeness (QED) is 0.239. The van der Waals surface area contributed by atoms with E-state index in [1.807, 2.05) is 0 Å². The first-order valence-electron chi connectivity index (χ1n) is 13.9. The van der Waals surface area contributed by atoms with E-state index < -0.39 is 107 Å². The van der Waals surface area contributed by atoms with Gasteiger partial charge in [0.25, 0.3) is 11.9 Å². The molecule has 0 spiro atoms. The minimum Gasteiger partial charge on any atom is -0.505 e. The number of likely N-dealkylation sites (N-methyl/N-ethyl adjacent to an activating group) is 1. The van der Waals surface area contributed by atoms with Crippen LogP contribution in [0.4, 0.5) is 17.6 Å². The van der Waals surface area contributed by atoms with Crippen molar-refractivity contribution in [2.45, 2.75) is 69.8 Å². The van der Waals surface area contributed by atoms with E-state index in [-0.39, 0.29) is 5.92 Å². The van der Waals surface area contributed by atoms with E-state index in [2.05, 4.69) is 25.9 Å². The van der Waals surface area contributed by atoms with E-state index >= 15 is 0 Å². The van der Waals surface area contributed by atoms with Crippen LogP contribution in [0.25, 0.3) is 0 Å². The van der Waals surface area contributed by atoms with Gasteiger partial charge in [0.15, 0.2) is 11.5 Å². The van der Waals surface area contributed by atoms with E-state index in [0.717, 1.165) is 11.3 Å². The van der Waals surface area contributed by atoms with Crippen molar-refractivity contribution < 1.29 is 47.0 Å². The summed E-state index contributed by atoms with van der Waals surface area (Å²) >= 11 is 0. The number of hydrogen-bond acceptors (Lipinski definition) is 8. The Labute approximate surface area is 249 Å². The summed E-state index contributed by atoms with van der Waals surface area (Å²) in [7, 11) is 1.36. The van der Waals surface area contributed by atoms with Crippen LogP contribution < -0.4 is 16.0 Å². The van der Waals surface area contributed by atoms with Gasteiger partial charge in [0.1, 0.15) is 17.8 Å². The zero-order chi connectivity index (χ0) is 32.5. The molecule has 2 aliphatic rings. The predicted octanol–water partition coefficient (Wildman–Crippen LogP) is 0.707. The fourth-order valence-electron chi connectivity index (χ4n) is 5.45. The molecule has 16 heteroatoms. The molecule has 5 N–H and O–H groups in total. The van der Waals surface area contributed by atoms with Gasteiger partial charge in [-0.25, -0.2) is 9.37 Å². The number of amides is 4. The van der Waals surface area contributed by atoms with Gasteiger partial charge >= 0.3 is 0 Å². The highest BCUT2D eigenvalue weighted by molar-refractivity contribution is 5.98. The molecule has 4 rings (SSSR count). The summed E-state index contributed by atoms with van der Waals surface area (Å²) in [5.74, 6) is -13.4. The average Bonchev–Trinajstić information content (AvgIpc) is 2.95. The molecule has 0 bridgehead atoms. The van der Waals surface area contributed by atoms with Crippen LogP contribution in [0.5, 0.6) is 5.75 Å². The van der Waals surface area contributed by atoms with Gasteiger partial charge in [-0.1, -0.05) is 13.3 Å². The molecule has 6 atom stereocenters. The highest BCUT2D eigenvalue weighted by Crippen LogP contribution is 2.33. The smallest absolute Gasteiger partial charge is 0.274 e. The molecule has 1 saturated carbocycles. The molecular weight excluding hydrogens is 592 g/mol. The third-order valence-corrected chi connectivity index (χ3v) is 8.22. The second-order valence-corrected chi connectivity index (χ2v) is 11.1. The number of aromatic hydroxyl groups is 1. The summed E-state index contributed by atoms with van der Waals surface area (Å²) in [5.41, 5.74) is -1.56. The average molecular weight is 625 g/mol. The topological polar surface area (TPSA) is 174 Å².